The van der Waals surface area contributed by atoms with E-state index in [1.165, 1.54) is 89.9 Å². The molecule has 0 aliphatic carbocycles. The molecule has 0 rings (SSSR count). The van der Waals surface area contributed by atoms with E-state index in [4.69, 9.17) is 138 Å². The maximum absolute atomic E-state index is 8.62. The number of aliphatic hydroxyl groups is 1. The second kappa shape index (κ2) is 99.8. The predicted molar refractivity (Wildman–Crippen MR) is 385 cm³/mol. The molecule has 0 saturated carbocycles. The second-order valence-corrected chi connectivity index (χ2v) is 22.8. The van der Waals surface area contributed by atoms with E-state index in [1.807, 2.05) is 0 Å². The third kappa shape index (κ3) is 98.8. The molecule has 29 nitrogen and oxygen atoms in total. The van der Waals surface area contributed by atoms with Crippen molar-refractivity contribution in [2.75, 3.05) is 377 Å². The van der Waals surface area contributed by atoms with E-state index in [-0.39, 0.29) is 6.61 Å². The van der Waals surface area contributed by atoms with Crippen LogP contribution in [0.25, 0.3) is 0 Å². The lowest BCUT2D eigenvalue weighted by atomic mass is 10.0. The minimum absolute atomic E-state index is 0.0172. The summed E-state index contributed by atoms with van der Waals surface area (Å²) < 4.78 is 154. The topological polar surface area (TPSA) is 279 Å². The Morgan fingerprint density at radius 1 is 0.108 bits per heavy atom. The molecule has 0 spiro atoms. The molecule has 0 radical (unpaired) electrons. The van der Waals surface area contributed by atoms with Gasteiger partial charge >= 0.3 is 0 Å². The fraction of sp³-hybridized carbons (Fsp3) is 1.00. The van der Waals surface area contributed by atoms with Gasteiger partial charge in [0.2, 0.25) is 0 Å². The quantitative estimate of drug-likeness (QED) is 0.0653. The van der Waals surface area contributed by atoms with E-state index in [0.717, 1.165) is 13.0 Å². The van der Waals surface area contributed by atoms with Crippen LogP contribution in [0.4, 0.5) is 0 Å². The average Bonchev–Trinajstić information content (AvgIpc) is 3.74. The van der Waals surface area contributed by atoms with Crippen LogP contribution in [0, 0.1) is 0 Å². The molecule has 0 aliphatic heterocycles. The van der Waals surface area contributed by atoms with Gasteiger partial charge in [0, 0.05) is 6.61 Å². The van der Waals surface area contributed by atoms with E-state index in [1.54, 1.807) is 0 Å². The average molecular weight is 1490 g/mol. The first kappa shape index (κ1) is 101. The van der Waals surface area contributed by atoms with Crippen LogP contribution in [0.2, 0.25) is 0 Å². The first-order valence-corrected chi connectivity index (χ1v) is 38.7. The SMILES string of the molecule is CCCCCCCCCCCCCCCCCOCCOCCOCCOCCOCCOCCOCCOCCOCCOCCOCCOCCOCCOCCOCCOCCOCCOCCOCCOCCOCCOCCOCCOCCOCCOCCOCCOCCO. The lowest BCUT2D eigenvalue weighted by Gasteiger charge is -2.09. The molecule has 0 aliphatic rings. The predicted octanol–water partition coefficient (Wildman–Crippen LogP) is 6.31. The summed E-state index contributed by atoms with van der Waals surface area (Å²) in [5.74, 6) is 0. The van der Waals surface area contributed by atoms with Crippen molar-refractivity contribution in [2.24, 2.45) is 0 Å². The minimum atomic E-state index is 0.0172. The van der Waals surface area contributed by atoms with Gasteiger partial charge in [-0.05, 0) is 6.42 Å². The van der Waals surface area contributed by atoms with E-state index < -0.39 is 0 Å². The van der Waals surface area contributed by atoms with Gasteiger partial charge in [0.1, 0.15) is 0 Å². The van der Waals surface area contributed by atoms with Gasteiger partial charge in [-0.2, -0.15) is 0 Å². The van der Waals surface area contributed by atoms with Crippen molar-refractivity contribution >= 4 is 0 Å². The van der Waals surface area contributed by atoms with Crippen LogP contribution in [-0.4, -0.2) is 382 Å². The smallest absolute Gasteiger partial charge is 0.0701 e. The highest BCUT2D eigenvalue weighted by molar-refractivity contribution is 4.51. The Morgan fingerprint density at radius 3 is 0.304 bits per heavy atom. The largest absolute Gasteiger partial charge is 0.394 e. The Balaban J connectivity index is 3.09. The van der Waals surface area contributed by atoms with Crippen LogP contribution >= 0.6 is 0 Å². The molecule has 0 unspecified atom stereocenters. The molecule has 0 saturated heterocycles. The number of aliphatic hydroxyl groups excluding tert-OH is 1. The van der Waals surface area contributed by atoms with Gasteiger partial charge in [0.15, 0.2) is 0 Å². The molecule has 0 amide bonds. The Kier molecular flexibility index (Phi) is 98.7. The van der Waals surface area contributed by atoms with E-state index in [2.05, 4.69) is 6.92 Å². The molecule has 614 valence electrons. The van der Waals surface area contributed by atoms with Crippen LogP contribution in [0.1, 0.15) is 103 Å². The van der Waals surface area contributed by atoms with Crippen molar-refractivity contribution in [1.29, 1.82) is 0 Å². The van der Waals surface area contributed by atoms with Crippen LogP contribution in [0.5, 0.6) is 0 Å². The molecule has 0 bridgehead atoms. The van der Waals surface area contributed by atoms with Crippen molar-refractivity contribution < 1.29 is 138 Å². The summed E-state index contributed by atoms with van der Waals surface area (Å²) in [5, 5.41) is 8.62. The summed E-state index contributed by atoms with van der Waals surface area (Å²) in [6.45, 7) is 30.3. The number of ether oxygens (including phenoxy) is 28. The first-order valence-electron chi connectivity index (χ1n) is 38.7. The van der Waals surface area contributed by atoms with Gasteiger partial charge in [-0.25, -0.2) is 0 Å². The van der Waals surface area contributed by atoms with E-state index >= 15 is 0 Å². The Morgan fingerprint density at radius 2 is 0.196 bits per heavy atom. The number of unbranched alkanes of at least 4 members (excludes halogenated alkanes) is 14. The molecule has 0 aromatic carbocycles. The monoisotopic (exact) mass is 1490 g/mol. The van der Waals surface area contributed by atoms with Crippen molar-refractivity contribution in [3.63, 3.8) is 0 Å². The highest BCUT2D eigenvalue weighted by Gasteiger charge is 2.03. The van der Waals surface area contributed by atoms with Crippen LogP contribution in [-0.2, 0) is 133 Å². The van der Waals surface area contributed by atoms with Crippen LogP contribution in [0.15, 0.2) is 0 Å². The van der Waals surface area contributed by atoms with Crippen molar-refractivity contribution in [1.82, 2.24) is 0 Å². The Hall–Kier alpha value is -1.16. The van der Waals surface area contributed by atoms with Crippen LogP contribution < -0.4 is 0 Å². The third-order valence-corrected chi connectivity index (χ3v) is 14.2. The molecular formula is C73H148O29. The van der Waals surface area contributed by atoms with Gasteiger partial charge in [-0.1, -0.05) is 96.8 Å². The number of hydrogen-bond donors (Lipinski definition) is 1. The normalized spacial score (nSPS) is 11.8. The molecule has 0 heterocycles. The van der Waals surface area contributed by atoms with Gasteiger partial charge < -0.3 is 138 Å². The van der Waals surface area contributed by atoms with Gasteiger partial charge in [0.25, 0.3) is 0 Å². The molecule has 0 atom stereocenters. The lowest BCUT2D eigenvalue weighted by Crippen LogP contribution is -2.16. The van der Waals surface area contributed by atoms with Gasteiger partial charge in [-0.3, -0.25) is 0 Å². The molecule has 102 heavy (non-hydrogen) atoms. The molecular weight excluding hydrogens is 1340 g/mol. The van der Waals surface area contributed by atoms with Crippen molar-refractivity contribution in [3.8, 4) is 0 Å². The fourth-order valence-corrected chi connectivity index (χ4v) is 8.68. The molecule has 0 aromatic rings. The molecule has 1 N–H and O–H groups in total. The zero-order chi connectivity index (χ0) is 72.7. The Bertz CT molecular complexity index is 1320. The lowest BCUT2D eigenvalue weighted by molar-refractivity contribution is -0.0323. The maximum Gasteiger partial charge on any atom is 0.0701 e. The van der Waals surface area contributed by atoms with E-state index in [0.29, 0.717) is 363 Å². The first-order chi connectivity index (χ1) is 50.9. The molecule has 0 fully saturated rings. The molecule has 29 heteroatoms. The molecule has 0 aromatic heterocycles. The highest BCUT2D eigenvalue weighted by Crippen LogP contribution is 2.13. The van der Waals surface area contributed by atoms with Crippen LogP contribution in [0.3, 0.4) is 0 Å². The van der Waals surface area contributed by atoms with Gasteiger partial charge in [0.05, 0.1) is 370 Å². The van der Waals surface area contributed by atoms with Crippen molar-refractivity contribution in [3.05, 3.63) is 0 Å². The maximum atomic E-state index is 8.62. The zero-order valence-electron chi connectivity index (χ0n) is 63.8. The summed E-state index contributed by atoms with van der Waals surface area (Å²) in [5.41, 5.74) is 0. The number of rotatable bonds is 99. The third-order valence-electron chi connectivity index (χ3n) is 14.2. The zero-order valence-corrected chi connectivity index (χ0v) is 63.8. The summed E-state index contributed by atoms with van der Waals surface area (Å²) in [7, 11) is 0. The summed E-state index contributed by atoms with van der Waals surface area (Å²) in [4.78, 5) is 0. The van der Waals surface area contributed by atoms with Gasteiger partial charge in [-0.15, -0.1) is 0 Å². The summed E-state index contributed by atoms with van der Waals surface area (Å²) >= 11 is 0. The summed E-state index contributed by atoms with van der Waals surface area (Å²) in [6, 6.07) is 0. The Labute approximate surface area is 615 Å². The summed E-state index contributed by atoms with van der Waals surface area (Å²) in [6.07, 6.45) is 20.6. The highest BCUT2D eigenvalue weighted by atomic mass is 16.6. The fourth-order valence-electron chi connectivity index (χ4n) is 8.68. The minimum Gasteiger partial charge on any atom is -0.394 e. The standard InChI is InChI=1S/C73H148O29/c1-2-3-4-5-6-7-8-9-10-11-12-13-14-15-16-18-75-20-22-77-24-26-79-28-30-81-32-34-83-36-38-85-40-42-87-44-46-89-48-50-91-52-54-93-56-58-95-60-62-97-64-66-99-68-70-101-72-73-102-71-69-100-67-65-98-63-61-96-59-57-94-55-53-92-51-49-90-47-45-88-43-41-86-39-37-84-35-33-82-31-29-80-27-25-78-23-21-76-19-17-74/h74H,2-73H2,1H3. The number of hydrogen-bond acceptors (Lipinski definition) is 29. The second-order valence-electron chi connectivity index (χ2n) is 22.8. The van der Waals surface area contributed by atoms with E-state index in [9.17, 15) is 0 Å². The van der Waals surface area contributed by atoms with Crippen molar-refractivity contribution in [2.45, 2.75) is 103 Å².